The van der Waals surface area contributed by atoms with Gasteiger partial charge in [0.15, 0.2) is 0 Å². The number of hydrogen-bond acceptors (Lipinski definition) is 2. The molecule has 0 heterocycles. The summed E-state index contributed by atoms with van der Waals surface area (Å²) in [5.41, 5.74) is 1.89. The van der Waals surface area contributed by atoms with Crippen molar-refractivity contribution in [1.29, 1.82) is 0 Å². The Hall–Kier alpha value is -1.71. The molecule has 0 atom stereocenters. The lowest BCUT2D eigenvalue weighted by molar-refractivity contribution is -0.120. The van der Waals surface area contributed by atoms with Gasteiger partial charge in [-0.15, -0.1) is 0 Å². The van der Waals surface area contributed by atoms with E-state index in [0.29, 0.717) is 35.4 Å². The molecule has 0 saturated heterocycles. The van der Waals surface area contributed by atoms with Crippen LogP contribution in [0.4, 0.5) is 0 Å². The van der Waals surface area contributed by atoms with E-state index in [0.717, 1.165) is 11.1 Å². The number of benzene rings is 2. The second kappa shape index (κ2) is 8.06. The Kier molecular flexibility index (Phi) is 6.10. The van der Waals surface area contributed by atoms with Crippen molar-refractivity contribution >= 4 is 29.1 Å². The molecule has 0 spiro atoms. The fourth-order valence-corrected chi connectivity index (χ4v) is 2.30. The van der Waals surface area contributed by atoms with Crippen LogP contribution < -0.4 is 10.1 Å². The molecule has 0 aliphatic rings. The molecule has 0 fully saturated rings. The summed E-state index contributed by atoms with van der Waals surface area (Å²) in [5, 5.41) is 4.11. The molecule has 2 aromatic carbocycles. The van der Waals surface area contributed by atoms with Gasteiger partial charge in [0.05, 0.1) is 13.0 Å². The molecule has 116 valence electrons. The Morgan fingerprint density at radius 1 is 1.18 bits per heavy atom. The van der Waals surface area contributed by atoms with Gasteiger partial charge < -0.3 is 10.1 Å². The number of rotatable bonds is 6. The van der Waals surface area contributed by atoms with E-state index in [1.54, 1.807) is 18.2 Å². The van der Waals surface area contributed by atoms with Gasteiger partial charge in [-0.2, -0.15) is 0 Å². The quantitative estimate of drug-likeness (QED) is 0.808. The van der Waals surface area contributed by atoms with Crippen LogP contribution in [0.1, 0.15) is 11.1 Å². The molecule has 0 aromatic heterocycles. The van der Waals surface area contributed by atoms with Gasteiger partial charge in [-0.25, -0.2) is 0 Å². The number of carbonyl (C=O) groups excluding carboxylic acids is 1. The molecule has 0 saturated carbocycles. The van der Waals surface area contributed by atoms with Crippen molar-refractivity contribution in [2.75, 3.05) is 13.2 Å². The summed E-state index contributed by atoms with van der Waals surface area (Å²) in [6.45, 7) is 2.76. The van der Waals surface area contributed by atoms with Gasteiger partial charge in [0.2, 0.25) is 5.91 Å². The lowest BCUT2D eigenvalue weighted by Gasteiger charge is -2.09. The highest BCUT2D eigenvalue weighted by atomic mass is 35.5. The Morgan fingerprint density at radius 2 is 2.00 bits per heavy atom. The topological polar surface area (TPSA) is 38.3 Å². The predicted molar refractivity (Wildman–Crippen MR) is 89.8 cm³/mol. The lowest BCUT2D eigenvalue weighted by Crippen LogP contribution is -2.29. The minimum atomic E-state index is -0.0622. The van der Waals surface area contributed by atoms with Crippen molar-refractivity contribution in [3.63, 3.8) is 0 Å². The van der Waals surface area contributed by atoms with Gasteiger partial charge in [0.1, 0.15) is 12.4 Å². The van der Waals surface area contributed by atoms with E-state index in [9.17, 15) is 4.79 Å². The maximum absolute atomic E-state index is 11.8. The van der Waals surface area contributed by atoms with Crippen LogP contribution in [-0.4, -0.2) is 19.1 Å². The standard InChI is InChI=1S/C17H17Cl2NO2/c1-12-5-6-15(11-16(12)19)22-8-7-20-17(21)10-13-3-2-4-14(18)9-13/h2-6,9,11H,7-8,10H2,1H3,(H,20,21). The van der Waals surface area contributed by atoms with Crippen molar-refractivity contribution in [3.8, 4) is 5.75 Å². The zero-order valence-corrected chi connectivity index (χ0v) is 13.7. The van der Waals surface area contributed by atoms with Crippen LogP contribution in [0.15, 0.2) is 42.5 Å². The van der Waals surface area contributed by atoms with Crippen LogP contribution in [-0.2, 0) is 11.2 Å². The second-order valence-electron chi connectivity index (χ2n) is 4.92. The Morgan fingerprint density at radius 3 is 2.73 bits per heavy atom. The minimum absolute atomic E-state index is 0.0622. The van der Waals surface area contributed by atoms with E-state index in [1.165, 1.54) is 0 Å². The first-order chi connectivity index (χ1) is 10.5. The normalized spacial score (nSPS) is 10.3. The van der Waals surface area contributed by atoms with Crippen LogP contribution in [0.2, 0.25) is 10.0 Å². The Bertz CT molecular complexity index is 659. The monoisotopic (exact) mass is 337 g/mol. The van der Waals surface area contributed by atoms with Gasteiger partial charge in [-0.3, -0.25) is 4.79 Å². The molecule has 22 heavy (non-hydrogen) atoms. The third-order valence-electron chi connectivity index (χ3n) is 3.09. The number of hydrogen-bond donors (Lipinski definition) is 1. The minimum Gasteiger partial charge on any atom is -0.492 e. The van der Waals surface area contributed by atoms with E-state index < -0.39 is 0 Å². The van der Waals surface area contributed by atoms with E-state index in [2.05, 4.69) is 5.32 Å². The highest BCUT2D eigenvalue weighted by Gasteiger charge is 2.04. The molecule has 3 nitrogen and oxygen atoms in total. The number of amides is 1. The fraction of sp³-hybridized carbons (Fsp3) is 0.235. The van der Waals surface area contributed by atoms with Gasteiger partial charge in [0.25, 0.3) is 0 Å². The summed E-state index contributed by atoms with van der Waals surface area (Å²) in [5.74, 6) is 0.632. The number of carbonyl (C=O) groups is 1. The summed E-state index contributed by atoms with van der Waals surface area (Å²) in [6.07, 6.45) is 0.302. The smallest absolute Gasteiger partial charge is 0.224 e. The first-order valence-electron chi connectivity index (χ1n) is 6.94. The van der Waals surface area contributed by atoms with E-state index in [4.69, 9.17) is 27.9 Å². The molecule has 0 radical (unpaired) electrons. The van der Waals surface area contributed by atoms with Gasteiger partial charge in [-0.1, -0.05) is 41.4 Å². The lowest BCUT2D eigenvalue weighted by atomic mass is 10.1. The molecule has 0 aliphatic heterocycles. The molecule has 1 N–H and O–H groups in total. The molecule has 0 aliphatic carbocycles. The zero-order valence-electron chi connectivity index (χ0n) is 12.2. The number of nitrogens with one attached hydrogen (secondary N) is 1. The maximum Gasteiger partial charge on any atom is 0.224 e. The molecule has 0 unspecified atom stereocenters. The molecule has 5 heteroatoms. The van der Waals surface area contributed by atoms with E-state index in [1.807, 2.05) is 31.2 Å². The predicted octanol–water partition coefficient (Wildman–Crippen LogP) is 4.04. The molecule has 1 amide bonds. The molecular weight excluding hydrogens is 321 g/mol. The van der Waals surface area contributed by atoms with Crippen molar-refractivity contribution < 1.29 is 9.53 Å². The number of ether oxygens (including phenoxy) is 1. The molecule has 2 aromatic rings. The van der Waals surface area contributed by atoms with Crippen LogP contribution in [0.25, 0.3) is 0 Å². The highest BCUT2D eigenvalue weighted by Crippen LogP contribution is 2.21. The summed E-state index contributed by atoms with van der Waals surface area (Å²) < 4.78 is 5.54. The second-order valence-corrected chi connectivity index (χ2v) is 5.76. The number of aryl methyl sites for hydroxylation is 1. The third-order valence-corrected chi connectivity index (χ3v) is 3.73. The first kappa shape index (κ1) is 16.7. The summed E-state index contributed by atoms with van der Waals surface area (Å²) in [6, 6.07) is 12.8. The fourth-order valence-electron chi connectivity index (χ4n) is 1.92. The summed E-state index contributed by atoms with van der Waals surface area (Å²) in [7, 11) is 0. The Balaban J connectivity index is 1.72. The zero-order chi connectivity index (χ0) is 15.9. The van der Waals surface area contributed by atoms with Crippen molar-refractivity contribution in [2.45, 2.75) is 13.3 Å². The van der Waals surface area contributed by atoms with Gasteiger partial charge >= 0.3 is 0 Å². The SMILES string of the molecule is Cc1ccc(OCCNC(=O)Cc2cccc(Cl)c2)cc1Cl. The van der Waals surface area contributed by atoms with Crippen LogP contribution in [0.5, 0.6) is 5.75 Å². The van der Waals surface area contributed by atoms with Crippen molar-refractivity contribution in [1.82, 2.24) is 5.32 Å². The molecular formula is C17H17Cl2NO2. The maximum atomic E-state index is 11.8. The third kappa shape index (κ3) is 5.24. The first-order valence-corrected chi connectivity index (χ1v) is 7.70. The van der Waals surface area contributed by atoms with Gasteiger partial charge in [-0.05, 0) is 42.3 Å². The molecule has 2 rings (SSSR count). The highest BCUT2D eigenvalue weighted by molar-refractivity contribution is 6.31. The van der Waals surface area contributed by atoms with Crippen LogP contribution in [0, 0.1) is 6.92 Å². The van der Waals surface area contributed by atoms with E-state index >= 15 is 0 Å². The largest absolute Gasteiger partial charge is 0.492 e. The van der Waals surface area contributed by atoms with Crippen molar-refractivity contribution in [3.05, 3.63) is 63.6 Å². The van der Waals surface area contributed by atoms with E-state index in [-0.39, 0.29) is 5.91 Å². The van der Waals surface area contributed by atoms with Crippen LogP contribution >= 0.6 is 23.2 Å². The van der Waals surface area contributed by atoms with Gasteiger partial charge in [0, 0.05) is 10.0 Å². The van der Waals surface area contributed by atoms with Crippen LogP contribution in [0.3, 0.4) is 0 Å². The average Bonchev–Trinajstić information content (AvgIpc) is 2.47. The molecule has 0 bridgehead atoms. The van der Waals surface area contributed by atoms with Crippen molar-refractivity contribution in [2.24, 2.45) is 0 Å². The average molecular weight is 338 g/mol. The summed E-state index contributed by atoms with van der Waals surface area (Å²) >= 11 is 11.9. The number of halogens is 2. The Labute approximate surface area is 140 Å². The summed E-state index contributed by atoms with van der Waals surface area (Å²) in [4.78, 5) is 11.8.